The summed E-state index contributed by atoms with van der Waals surface area (Å²) in [6, 6.07) is 10.2. The number of piperidine rings is 1. The van der Waals surface area contributed by atoms with Crippen LogP contribution in [-0.4, -0.2) is 75.1 Å². The van der Waals surface area contributed by atoms with Crippen LogP contribution in [0.3, 0.4) is 0 Å². The van der Waals surface area contributed by atoms with Gasteiger partial charge in [-0.15, -0.1) is 0 Å². The number of carbonyl (C=O) groups excluding carboxylic acids is 1. The van der Waals surface area contributed by atoms with Gasteiger partial charge in [0, 0.05) is 51.6 Å². The van der Waals surface area contributed by atoms with Crippen LogP contribution < -0.4 is 0 Å². The van der Waals surface area contributed by atoms with Gasteiger partial charge >= 0.3 is 6.03 Å². The Hall–Kier alpha value is -1.60. The summed E-state index contributed by atoms with van der Waals surface area (Å²) in [5, 5.41) is 0. The van der Waals surface area contributed by atoms with Gasteiger partial charge in [0.1, 0.15) is 0 Å². The van der Waals surface area contributed by atoms with Crippen molar-refractivity contribution >= 4 is 16.1 Å². The number of carbonyl (C=O) groups is 1. The second-order valence-corrected chi connectivity index (χ2v) is 9.13. The van der Waals surface area contributed by atoms with E-state index in [1.165, 1.54) is 11.8 Å². The van der Waals surface area contributed by atoms with E-state index >= 15 is 0 Å². The molecule has 0 aliphatic carbocycles. The standard InChI is InChI=1S/C17H25N3O3S/c1-18(2)16(21)19-11-15-12-20(24(3,22)23)10-9-17(15,13-19)14-7-5-4-6-8-14/h4-8,15H,9-13H2,1-3H3/t15-,17-/m1/s1. The van der Waals surface area contributed by atoms with Crippen LogP contribution in [-0.2, 0) is 15.4 Å². The van der Waals surface area contributed by atoms with E-state index in [4.69, 9.17) is 0 Å². The minimum atomic E-state index is -3.21. The number of hydrogen-bond acceptors (Lipinski definition) is 3. The monoisotopic (exact) mass is 351 g/mol. The first-order valence-corrected chi connectivity index (χ1v) is 10.1. The fraction of sp³-hybridized carbons (Fsp3) is 0.588. The maximum Gasteiger partial charge on any atom is 0.319 e. The third kappa shape index (κ3) is 2.91. The fourth-order valence-electron chi connectivity index (χ4n) is 4.12. The smallest absolute Gasteiger partial charge is 0.319 e. The van der Waals surface area contributed by atoms with Crippen molar-refractivity contribution in [2.75, 3.05) is 46.5 Å². The van der Waals surface area contributed by atoms with Crippen molar-refractivity contribution in [3.63, 3.8) is 0 Å². The third-order valence-corrected chi connectivity index (χ3v) is 6.67. The topological polar surface area (TPSA) is 60.9 Å². The molecule has 3 rings (SSSR count). The van der Waals surface area contributed by atoms with Crippen molar-refractivity contribution in [1.82, 2.24) is 14.1 Å². The van der Waals surface area contributed by atoms with Gasteiger partial charge in [-0.3, -0.25) is 0 Å². The van der Waals surface area contributed by atoms with E-state index in [1.54, 1.807) is 23.3 Å². The summed E-state index contributed by atoms with van der Waals surface area (Å²) in [7, 11) is 0.297. The Balaban J connectivity index is 1.96. The van der Waals surface area contributed by atoms with Gasteiger partial charge in [-0.25, -0.2) is 17.5 Å². The molecule has 2 saturated heterocycles. The number of urea groups is 1. The molecule has 0 N–H and O–H groups in total. The summed E-state index contributed by atoms with van der Waals surface area (Å²) in [6.45, 7) is 2.23. The van der Waals surface area contributed by atoms with Crippen LogP contribution in [0.4, 0.5) is 4.79 Å². The highest BCUT2D eigenvalue weighted by atomic mass is 32.2. The Morgan fingerprint density at radius 3 is 2.46 bits per heavy atom. The molecule has 6 nitrogen and oxygen atoms in total. The summed E-state index contributed by atoms with van der Waals surface area (Å²) in [6.07, 6.45) is 2.01. The Morgan fingerprint density at radius 1 is 1.21 bits per heavy atom. The minimum Gasteiger partial charge on any atom is -0.331 e. The van der Waals surface area contributed by atoms with Crippen molar-refractivity contribution in [2.45, 2.75) is 11.8 Å². The lowest BCUT2D eigenvalue weighted by Gasteiger charge is -2.42. The average molecular weight is 351 g/mol. The zero-order valence-electron chi connectivity index (χ0n) is 14.5. The molecule has 0 radical (unpaired) electrons. The van der Waals surface area contributed by atoms with Crippen molar-refractivity contribution in [2.24, 2.45) is 5.92 Å². The van der Waals surface area contributed by atoms with E-state index in [1.807, 2.05) is 23.1 Å². The largest absolute Gasteiger partial charge is 0.331 e. The molecular weight excluding hydrogens is 326 g/mol. The summed E-state index contributed by atoms with van der Waals surface area (Å²) < 4.78 is 25.5. The normalized spacial score (nSPS) is 27.8. The quantitative estimate of drug-likeness (QED) is 0.804. The molecule has 2 heterocycles. The lowest BCUT2D eigenvalue weighted by atomic mass is 9.68. The predicted molar refractivity (Wildman–Crippen MR) is 93.3 cm³/mol. The highest BCUT2D eigenvalue weighted by Gasteiger charge is 2.52. The summed E-state index contributed by atoms with van der Waals surface area (Å²) >= 11 is 0. The Morgan fingerprint density at radius 2 is 1.88 bits per heavy atom. The zero-order valence-corrected chi connectivity index (χ0v) is 15.3. The minimum absolute atomic E-state index is 0.00869. The molecule has 2 amide bonds. The van der Waals surface area contributed by atoms with Gasteiger partial charge in [-0.2, -0.15) is 0 Å². The maximum absolute atomic E-state index is 12.5. The molecule has 2 aliphatic heterocycles. The maximum atomic E-state index is 12.5. The van der Waals surface area contributed by atoms with E-state index in [0.717, 1.165) is 6.42 Å². The van der Waals surface area contributed by atoms with Gasteiger partial charge in [0.05, 0.1) is 6.26 Å². The first-order chi connectivity index (χ1) is 11.2. The van der Waals surface area contributed by atoms with E-state index in [2.05, 4.69) is 12.1 Å². The summed E-state index contributed by atoms with van der Waals surface area (Å²) in [5.74, 6) is 0.118. The Kier molecular flexibility index (Phi) is 4.34. The lowest BCUT2D eigenvalue weighted by molar-refractivity contribution is 0.177. The van der Waals surface area contributed by atoms with E-state index in [9.17, 15) is 13.2 Å². The molecule has 2 aliphatic rings. The van der Waals surface area contributed by atoms with Crippen molar-refractivity contribution < 1.29 is 13.2 Å². The van der Waals surface area contributed by atoms with Crippen molar-refractivity contribution in [1.29, 1.82) is 0 Å². The molecule has 24 heavy (non-hydrogen) atoms. The number of hydrogen-bond donors (Lipinski definition) is 0. The molecular formula is C17H25N3O3S. The van der Waals surface area contributed by atoms with Crippen LogP contribution in [0.5, 0.6) is 0 Å². The Labute approximate surface area is 144 Å². The number of nitrogens with zero attached hydrogens (tertiary/aromatic N) is 3. The second kappa shape index (κ2) is 6.04. The van der Waals surface area contributed by atoms with Gasteiger partial charge in [0.25, 0.3) is 0 Å². The summed E-state index contributed by atoms with van der Waals surface area (Å²) in [4.78, 5) is 15.9. The van der Waals surface area contributed by atoms with Crippen LogP contribution in [0.2, 0.25) is 0 Å². The number of likely N-dealkylation sites (tertiary alicyclic amines) is 1. The van der Waals surface area contributed by atoms with Gasteiger partial charge in [-0.05, 0) is 12.0 Å². The van der Waals surface area contributed by atoms with Crippen molar-refractivity contribution in [3.8, 4) is 0 Å². The first kappa shape index (κ1) is 17.2. The summed E-state index contributed by atoms with van der Waals surface area (Å²) in [5.41, 5.74) is 1.05. The van der Waals surface area contributed by atoms with Gasteiger partial charge < -0.3 is 9.80 Å². The zero-order chi connectivity index (χ0) is 17.5. The van der Waals surface area contributed by atoms with Crippen LogP contribution in [0.1, 0.15) is 12.0 Å². The fourth-order valence-corrected chi connectivity index (χ4v) is 5.00. The van der Waals surface area contributed by atoms with Crippen LogP contribution in [0.15, 0.2) is 30.3 Å². The van der Waals surface area contributed by atoms with E-state index in [0.29, 0.717) is 26.2 Å². The van der Waals surface area contributed by atoms with E-state index < -0.39 is 10.0 Å². The molecule has 0 aromatic heterocycles. The van der Waals surface area contributed by atoms with E-state index in [-0.39, 0.29) is 17.4 Å². The molecule has 0 unspecified atom stereocenters. The Bertz CT molecular complexity index is 720. The number of benzene rings is 1. The molecule has 132 valence electrons. The second-order valence-electron chi connectivity index (χ2n) is 7.15. The molecule has 0 spiro atoms. The molecule has 2 fully saturated rings. The first-order valence-electron chi connectivity index (χ1n) is 8.21. The number of fused-ring (bicyclic) bond motifs is 1. The number of rotatable bonds is 2. The van der Waals surface area contributed by atoms with Crippen LogP contribution in [0.25, 0.3) is 0 Å². The van der Waals surface area contributed by atoms with Crippen LogP contribution in [0, 0.1) is 5.92 Å². The highest BCUT2D eigenvalue weighted by molar-refractivity contribution is 7.88. The van der Waals surface area contributed by atoms with Crippen molar-refractivity contribution in [3.05, 3.63) is 35.9 Å². The van der Waals surface area contributed by atoms with Gasteiger partial charge in [0.2, 0.25) is 10.0 Å². The SMILES string of the molecule is CN(C)C(=O)N1C[C@@H]2CN(S(C)(=O)=O)CC[C@]2(c2ccccc2)C1. The molecule has 0 bridgehead atoms. The molecule has 1 aromatic rings. The molecule has 1 aromatic carbocycles. The van der Waals surface area contributed by atoms with Gasteiger partial charge in [0.15, 0.2) is 0 Å². The lowest BCUT2D eigenvalue weighted by Crippen LogP contribution is -2.51. The average Bonchev–Trinajstić information content (AvgIpc) is 2.93. The predicted octanol–water partition coefficient (Wildman–Crippen LogP) is 1.20. The third-order valence-electron chi connectivity index (χ3n) is 5.40. The molecule has 7 heteroatoms. The number of amides is 2. The highest BCUT2D eigenvalue weighted by Crippen LogP contribution is 2.45. The molecule has 2 atom stereocenters. The number of sulfonamides is 1. The van der Waals surface area contributed by atoms with Crippen LogP contribution >= 0.6 is 0 Å². The van der Waals surface area contributed by atoms with Gasteiger partial charge in [-0.1, -0.05) is 30.3 Å². The molecule has 0 saturated carbocycles.